The van der Waals surface area contributed by atoms with Crippen molar-refractivity contribution < 1.29 is 19.4 Å². The zero-order chi connectivity index (χ0) is 25.8. The van der Waals surface area contributed by atoms with Crippen molar-refractivity contribution in [2.24, 2.45) is 0 Å². The summed E-state index contributed by atoms with van der Waals surface area (Å²) < 4.78 is 5.33. The van der Waals surface area contributed by atoms with E-state index >= 15 is 0 Å². The maximum atomic E-state index is 14.4. The molecule has 1 aliphatic rings. The Morgan fingerprint density at radius 2 is 1.03 bits per heavy atom. The number of rotatable bonds is 7. The fraction of sp³-hybridized carbons (Fsp3) is 0.0323. The second kappa shape index (κ2) is 10.3. The number of para-hydroxylation sites is 1. The van der Waals surface area contributed by atoms with E-state index in [2.05, 4.69) is 5.32 Å². The summed E-state index contributed by atoms with van der Waals surface area (Å²) in [5, 5.41) is 19.9. The fourth-order valence-electron chi connectivity index (χ4n) is 4.72. The number of carbonyl (C=O) groups is 2. The molecule has 0 unspecified atom stereocenters. The summed E-state index contributed by atoms with van der Waals surface area (Å²) in [6, 6.07) is 37.5. The molecule has 4 aromatic rings. The summed E-state index contributed by atoms with van der Waals surface area (Å²) in [5.74, 6) is -2.52. The SMILES string of the molecule is COC1=C(Nc2ccccc2)C([O-])=C([P+](c2ccccc2)(c2ccccc2)c2ccccc2)C(=O)C1=O. The van der Waals surface area contributed by atoms with Gasteiger partial charge in [0, 0.05) is 5.69 Å². The first-order chi connectivity index (χ1) is 18.1. The molecule has 1 N–H and O–H groups in total. The Hall–Kier alpha value is -4.47. The lowest BCUT2D eigenvalue weighted by Gasteiger charge is -2.35. The first-order valence-electron chi connectivity index (χ1n) is 11.8. The van der Waals surface area contributed by atoms with Gasteiger partial charge in [-0.15, -0.1) is 0 Å². The van der Waals surface area contributed by atoms with Crippen LogP contribution >= 0.6 is 7.26 Å². The quantitative estimate of drug-likeness (QED) is 0.236. The molecule has 0 aromatic heterocycles. The van der Waals surface area contributed by atoms with Crippen molar-refractivity contribution in [3.63, 3.8) is 0 Å². The van der Waals surface area contributed by atoms with Crippen LogP contribution in [0.4, 0.5) is 5.69 Å². The Bertz CT molecular complexity index is 1400. The van der Waals surface area contributed by atoms with Gasteiger partial charge in [-0.2, -0.15) is 0 Å². The molecule has 4 aromatic carbocycles. The summed E-state index contributed by atoms with van der Waals surface area (Å²) in [5.41, 5.74) is 0.561. The van der Waals surface area contributed by atoms with E-state index in [1.165, 1.54) is 7.11 Å². The predicted octanol–water partition coefficient (Wildman–Crippen LogP) is 3.67. The molecule has 5 nitrogen and oxygen atoms in total. The molecule has 0 bridgehead atoms. The number of allylic oxidation sites excluding steroid dienone is 2. The molecule has 0 saturated carbocycles. The molecule has 0 heterocycles. The van der Waals surface area contributed by atoms with Crippen molar-refractivity contribution in [1.82, 2.24) is 0 Å². The number of ketones is 2. The van der Waals surface area contributed by atoms with Gasteiger partial charge in [-0.3, -0.25) is 9.59 Å². The highest BCUT2D eigenvalue weighted by atomic mass is 31.2. The van der Waals surface area contributed by atoms with E-state index in [1.54, 1.807) is 12.1 Å². The Morgan fingerprint density at radius 3 is 1.43 bits per heavy atom. The lowest BCUT2D eigenvalue weighted by Crippen LogP contribution is -2.41. The third kappa shape index (κ3) is 4.14. The van der Waals surface area contributed by atoms with Gasteiger partial charge in [0.15, 0.2) is 11.1 Å². The second-order valence-corrected chi connectivity index (χ2v) is 11.8. The first-order valence-corrected chi connectivity index (χ1v) is 13.6. The standard InChI is InChI=1S/C31H24NO4P/c1-36-30-26(32-22-14-6-2-7-15-22)27(33)31(29(35)28(30)34)37(23-16-8-3-9-17-23,24-18-10-4-11-19-24)25-20-12-5-13-21-25/h2-21H,1H3,(H-,32,33,34,35). The van der Waals surface area contributed by atoms with Crippen LogP contribution in [-0.2, 0) is 14.3 Å². The molecule has 5 rings (SSSR count). The lowest BCUT2D eigenvalue weighted by molar-refractivity contribution is -0.298. The molecule has 1 aliphatic carbocycles. The monoisotopic (exact) mass is 505 g/mol. The van der Waals surface area contributed by atoms with Crippen LogP contribution in [0.1, 0.15) is 0 Å². The van der Waals surface area contributed by atoms with Gasteiger partial charge in [-0.25, -0.2) is 0 Å². The van der Waals surface area contributed by atoms with Crippen LogP contribution in [-0.4, -0.2) is 18.7 Å². The van der Waals surface area contributed by atoms with Crippen LogP contribution in [0.15, 0.2) is 144 Å². The van der Waals surface area contributed by atoms with Crippen molar-refractivity contribution in [3.05, 3.63) is 144 Å². The largest absolute Gasteiger partial charge is 0.868 e. The minimum Gasteiger partial charge on any atom is -0.868 e. The number of Topliss-reactive ketones (excluding diaryl/α,β-unsaturated/α-hetero) is 2. The van der Waals surface area contributed by atoms with Gasteiger partial charge in [-0.05, 0) is 54.3 Å². The van der Waals surface area contributed by atoms with E-state index in [4.69, 9.17) is 4.74 Å². The highest BCUT2D eigenvalue weighted by Crippen LogP contribution is 2.64. The smallest absolute Gasteiger partial charge is 0.273 e. The second-order valence-electron chi connectivity index (χ2n) is 8.41. The summed E-state index contributed by atoms with van der Waals surface area (Å²) in [4.78, 5) is 27.5. The molecule has 0 aliphatic heterocycles. The number of nitrogens with one attached hydrogen (secondary N) is 1. The number of ether oxygens (including phenoxy) is 1. The predicted molar refractivity (Wildman–Crippen MR) is 146 cm³/mol. The zero-order valence-electron chi connectivity index (χ0n) is 20.1. The highest BCUT2D eigenvalue weighted by molar-refractivity contribution is 8.00. The van der Waals surface area contributed by atoms with Crippen LogP contribution in [0.5, 0.6) is 0 Å². The summed E-state index contributed by atoms with van der Waals surface area (Å²) >= 11 is 0. The topological polar surface area (TPSA) is 78.5 Å². The summed E-state index contributed by atoms with van der Waals surface area (Å²) in [7, 11) is -1.80. The third-order valence-electron chi connectivity index (χ3n) is 6.31. The molecule has 0 spiro atoms. The van der Waals surface area contributed by atoms with E-state index in [-0.39, 0.29) is 16.8 Å². The molecular formula is C31H24NO4P. The van der Waals surface area contributed by atoms with Crippen LogP contribution in [0.3, 0.4) is 0 Å². The van der Waals surface area contributed by atoms with E-state index in [0.717, 1.165) is 15.9 Å². The zero-order valence-corrected chi connectivity index (χ0v) is 21.0. The minimum absolute atomic E-state index is 0.0412. The van der Waals surface area contributed by atoms with Crippen molar-refractivity contribution in [2.45, 2.75) is 0 Å². The van der Waals surface area contributed by atoms with Crippen molar-refractivity contribution >= 4 is 40.4 Å². The molecule has 0 radical (unpaired) electrons. The average molecular weight is 506 g/mol. The minimum atomic E-state index is -3.09. The average Bonchev–Trinajstić information content (AvgIpc) is 2.96. The van der Waals surface area contributed by atoms with Crippen LogP contribution in [0.25, 0.3) is 0 Å². The normalized spacial score (nSPS) is 14.1. The molecule has 37 heavy (non-hydrogen) atoms. The van der Waals surface area contributed by atoms with E-state index in [0.29, 0.717) is 5.69 Å². The van der Waals surface area contributed by atoms with Crippen molar-refractivity contribution in [1.29, 1.82) is 0 Å². The fourth-order valence-corrected chi connectivity index (χ4v) is 9.07. The van der Waals surface area contributed by atoms with Crippen molar-refractivity contribution in [2.75, 3.05) is 12.4 Å². The number of carbonyl (C=O) groups excluding carboxylic acids is 2. The number of anilines is 1. The van der Waals surface area contributed by atoms with Crippen molar-refractivity contribution in [3.8, 4) is 0 Å². The van der Waals surface area contributed by atoms with E-state index in [9.17, 15) is 14.7 Å². The Labute approximate surface area is 216 Å². The Morgan fingerprint density at radius 1 is 0.622 bits per heavy atom. The lowest BCUT2D eigenvalue weighted by atomic mass is 10.0. The first kappa shape index (κ1) is 24.2. The molecule has 182 valence electrons. The summed E-state index contributed by atoms with van der Waals surface area (Å²) in [6.45, 7) is 0. The van der Waals surface area contributed by atoms with Gasteiger partial charge in [0.2, 0.25) is 0 Å². The maximum absolute atomic E-state index is 14.4. The molecule has 0 saturated heterocycles. The Kier molecular flexibility index (Phi) is 6.72. The number of benzene rings is 4. The number of hydrogen-bond donors (Lipinski definition) is 1. The third-order valence-corrected chi connectivity index (χ3v) is 10.6. The summed E-state index contributed by atoms with van der Waals surface area (Å²) in [6.07, 6.45) is 0. The molecule has 6 heteroatoms. The molecule has 0 amide bonds. The molecule has 0 atom stereocenters. The highest BCUT2D eigenvalue weighted by Gasteiger charge is 2.56. The van der Waals surface area contributed by atoms with Gasteiger partial charge in [0.25, 0.3) is 11.6 Å². The van der Waals surface area contributed by atoms with E-state index < -0.39 is 24.6 Å². The maximum Gasteiger partial charge on any atom is 0.273 e. The van der Waals surface area contributed by atoms with Gasteiger partial charge >= 0.3 is 0 Å². The van der Waals surface area contributed by atoms with Crippen LogP contribution in [0.2, 0.25) is 0 Å². The molecular weight excluding hydrogens is 481 g/mol. The van der Waals surface area contributed by atoms with Gasteiger partial charge < -0.3 is 15.2 Å². The van der Waals surface area contributed by atoms with Gasteiger partial charge in [0.1, 0.15) is 23.2 Å². The van der Waals surface area contributed by atoms with Crippen LogP contribution in [0, 0.1) is 0 Å². The molecule has 0 fully saturated rings. The number of hydrogen-bond acceptors (Lipinski definition) is 5. The van der Waals surface area contributed by atoms with Gasteiger partial charge in [-0.1, -0.05) is 72.8 Å². The van der Waals surface area contributed by atoms with Gasteiger partial charge in [0.05, 0.1) is 12.8 Å². The van der Waals surface area contributed by atoms with Crippen LogP contribution < -0.4 is 26.3 Å². The number of methoxy groups -OCH3 is 1. The van der Waals surface area contributed by atoms with E-state index in [1.807, 2.05) is 109 Å². The Balaban J connectivity index is 1.90.